The summed E-state index contributed by atoms with van der Waals surface area (Å²) in [7, 11) is 0. The van der Waals surface area contributed by atoms with Crippen LogP contribution in [0.1, 0.15) is 50.1 Å². The van der Waals surface area contributed by atoms with Gasteiger partial charge in [0.15, 0.2) is 5.69 Å². The van der Waals surface area contributed by atoms with E-state index in [1.807, 2.05) is 36.9 Å². The van der Waals surface area contributed by atoms with E-state index >= 15 is 0 Å². The standard InChI is InChI=1S/C18H23N3O2/c1-12(2)21-17(22)15-9-5-4-8-14(15)16(19-21)18(23)20-10-6-7-13(3)11-20/h4-5,8-9,12-13H,6-7,10-11H2,1-3H3. The van der Waals surface area contributed by atoms with Crippen LogP contribution in [0.3, 0.4) is 0 Å². The van der Waals surface area contributed by atoms with E-state index in [1.54, 1.807) is 6.07 Å². The summed E-state index contributed by atoms with van der Waals surface area (Å²) in [6.45, 7) is 7.50. The van der Waals surface area contributed by atoms with Gasteiger partial charge in [-0.2, -0.15) is 5.10 Å². The smallest absolute Gasteiger partial charge is 0.274 e. The molecule has 1 aromatic heterocycles. The molecule has 0 bridgehead atoms. The number of aromatic nitrogens is 2. The zero-order chi connectivity index (χ0) is 16.6. The summed E-state index contributed by atoms with van der Waals surface area (Å²) in [5.41, 5.74) is 0.252. The van der Waals surface area contributed by atoms with Crippen LogP contribution in [0.4, 0.5) is 0 Å². The summed E-state index contributed by atoms with van der Waals surface area (Å²) in [5, 5.41) is 5.62. The molecule has 3 rings (SSSR count). The summed E-state index contributed by atoms with van der Waals surface area (Å²) >= 11 is 0. The Morgan fingerprint density at radius 3 is 2.61 bits per heavy atom. The number of rotatable bonds is 2. The Morgan fingerprint density at radius 1 is 1.26 bits per heavy atom. The molecule has 0 saturated carbocycles. The zero-order valence-electron chi connectivity index (χ0n) is 14.0. The van der Waals surface area contributed by atoms with Crippen LogP contribution < -0.4 is 5.56 Å². The number of hydrogen-bond acceptors (Lipinski definition) is 3. The van der Waals surface area contributed by atoms with E-state index in [1.165, 1.54) is 4.68 Å². The molecule has 1 aromatic carbocycles. The van der Waals surface area contributed by atoms with Crippen molar-refractivity contribution >= 4 is 16.7 Å². The minimum Gasteiger partial charge on any atom is -0.337 e. The summed E-state index contributed by atoms with van der Waals surface area (Å²) < 4.78 is 1.42. The number of carbonyl (C=O) groups is 1. The zero-order valence-corrected chi connectivity index (χ0v) is 14.0. The molecule has 2 aromatic rings. The van der Waals surface area contributed by atoms with Gasteiger partial charge in [-0.1, -0.05) is 25.1 Å². The van der Waals surface area contributed by atoms with Crippen molar-refractivity contribution in [2.45, 2.75) is 39.7 Å². The molecule has 1 unspecified atom stereocenters. The second-order valence-corrected chi connectivity index (χ2v) is 6.74. The predicted molar refractivity (Wildman–Crippen MR) is 90.7 cm³/mol. The van der Waals surface area contributed by atoms with E-state index in [-0.39, 0.29) is 17.5 Å². The molecule has 0 N–H and O–H groups in total. The molecule has 5 heteroatoms. The number of piperidine rings is 1. The average Bonchev–Trinajstić information content (AvgIpc) is 2.54. The number of amides is 1. The van der Waals surface area contributed by atoms with Gasteiger partial charge in [-0.25, -0.2) is 4.68 Å². The summed E-state index contributed by atoms with van der Waals surface area (Å²) in [6, 6.07) is 7.17. The van der Waals surface area contributed by atoms with Crippen molar-refractivity contribution in [2.24, 2.45) is 5.92 Å². The maximum Gasteiger partial charge on any atom is 0.274 e. The molecule has 1 amide bonds. The molecular weight excluding hydrogens is 290 g/mol. The topological polar surface area (TPSA) is 55.2 Å². The van der Waals surface area contributed by atoms with Crippen LogP contribution in [-0.4, -0.2) is 33.7 Å². The van der Waals surface area contributed by atoms with Crippen LogP contribution in [0.15, 0.2) is 29.1 Å². The fourth-order valence-corrected chi connectivity index (χ4v) is 3.24. The fraction of sp³-hybridized carbons (Fsp3) is 0.500. The molecule has 1 atom stereocenters. The Kier molecular flexibility index (Phi) is 4.20. The highest BCUT2D eigenvalue weighted by molar-refractivity contribution is 6.04. The van der Waals surface area contributed by atoms with Crippen LogP contribution in [-0.2, 0) is 0 Å². The Morgan fingerprint density at radius 2 is 1.96 bits per heavy atom. The van der Waals surface area contributed by atoms with E-state index in [0.717, 1.165) is 25.9 Å². The molecule has 1 aliphatic heterocycles. The van der Waals surface area contributed by atoms with Gasteiger partial charge in [0.25, 0.3) is 11.5 Å². The lowest BCUT2D eigenvalue weighted by molar-refractivity contribution is 0.0676. The van der Waals surface area contributed by atoms with Crippen molar-refractivity contribution < 1.29 is 4.79 Å². The molecule has 2 heterocycles. The third-order valence-corrected chi connectivity index (χ3v) is 4.46. The SMILES string of the molecule is CC1CCCN(C(=O)c2nn(C(C)C)c(=O)c3ccccc23)C1. The number of carbonyl (C=O) groups excluding carboxylic acids is 1. The average molecular weight is 313 g/mol. The second kappa shape index (κ2) is 6.14. The lowest BCUT2D eigenvalue weighted by atomic mass is 9.99. The molecule has 0 spiro atoms. The predicted octanol–water partition coefficient (Wildman–Crippen LogP) is 2.85. The summed E-state index contributed by atoms with van der Waals surface area (Å²) in [5.74, 6) is 0.442. The fourth-order valence-electron chi connectivity index (χ4n) is 3.24. The molecule has 5 nitrogen and oxygen atoms in total. The first-order chi connectivity index (χ1) is 11.0. The normalized spacial score (nSPS) is 18.6. The van der Waals surface area contributed by atoms with Crippen molar-refractivity contribution in [1.82, 2.24) is 14.7 Å². The lowest BCUT2D eigenvalue weighted by Gasteiger charge is -2.31. The summed E-state index contributed by atoms with van der Waals surface area (Å²) in [4.78, 5) is 27.4. The Balaban J connectivity index is 2.14. The van der Waals surface area contributed by atoms with Gasteiger partial charge in [0.1, 0.15) is 0 Å². The summed E-state index contributed by atoms with van der Waals surface area (Å²) in [6.07, 6.45) is 2.18. The van der Waals surface area contributed by atoms with Gasteiger partial charge in [-0.05, 0) is 38.7 Å². The van der Waals surface area contributed by atoms with Gasteiger partial charge in [0, 0.05) is 18.5 Å². The number of likely N-dealkylation sites (tertiary alicyclic amines) is 1. The van der Waals surface area contributed by atoms with Gasteiger partial charge >= 0.3 is 0 Å². The van der Waals surface area contributed by atoms with Gasteiger partial charge in [0.2, 0.25) is 0 Å². The van der Waals surface area contributed by atoms with E-state index in [9.17, 15) is 9.59 Å². The molecular formula is C18H23N3O2. The first-order valence-electron chi connectivity index (χ1n) is 8.30. The van der Waals surface area contributed by atoms with Gasteiger partial charge in [0.05, 0.1) is 11.4 Å². The van der Waals surface area contributed by atoms with Crippen molar-refractivity contribution in [3.05, 3.63) is 40.3 Å². The number of benzene rings is 1. The lowest BCUT2D eigenvalue weighted by Crippen LogP contribution is -2.40. The van der Waals surface area contributed by atoms with Crippen molar-refractivity contribution in [2.75, 3.05) is 13.1 Å². The Labute approximate surface area is 135 Å². The highest BCUT2D eigenvalue weighted by Crippen LogP contribution is 2.21. The van der Waals surface area contributed by atoms with Crippen LogP contribution in [0.5, 0.6) is 0 Å². The largest absolute Gasteiger partial charge is 0.337 e. The van der Waals surface area contributed by atoms with Crippen molar-refractivity contribution in [3.63, 3.8) is 0 Å². The van der Waals surface area contributed by atoms with Crippen LogP contribution in [0.25, 0.3) is 10.8 Å². The number of fused-ring (bicyclic) bond motifs is 1. The molecule has 0 radical (unpaired) electrons. The Bertz CT molecular complexity index is 794. The molecule has 1 saturated heterocycles. The maximum absolute atomic E-state index is 13.0. The van der Waals surface area contributed by atoms with E-state index < -0.39 is 0 Å². The highest BCUT2D eigenvalue weighted by atomic mass is 16.2. The third-order valence-electron chi connectivity index (χ3n) is 4.46. The Hall–Kier alpha value is -2.17. The molecule has 1 aliphatic rings. The first-order valence-corrected chi connectivity index (χ1v) is 8.30. The molecule has 1 fully saturated rings. The van der Waals surface area contributed by atoms with Gasteiger partial charge in [-0.15, -0.1) is 0 Å². The van der Waals surface area contributed by atoms with Crippen molar-refractivity contribution in [3.8, 4) is 0 Å². The van der Waals surface area contributed by atoms with Gasteiger partial charge in [-0.3, -0.25) is 9.59 Å². The monoisotopic (exact) mass is 313 g/mol. The van der Waals surface area contributed by atoms with Gasteiger partial charge < -0.3 is 4.90 Å². The minimum atomic E-state index is -0.140. The molecule has 122 valence electrons. The van der Waals surface area contributed by atoms with E-state index in [4.69, 9.17) is 0 Å². The third kappa shape index (κ3) is 2.87. The minimum absolute atomic E-state index is 0.0675. The van der Waals surface area contributed by atoms with E-state index in [2.05, 4.69) is 12.0 Å². The number of nitrogens with zero attached hydrogens (tertiary/aromatic N) is 3. The second-order valence-electron chi connectivity index (χ2n) is 6.74. The van der Waals surface area contributed by atoms with Crippen LogP contribution >= 0.6 is 0 Å². The number of hydrogen-bond donors (Lipinski definition) is 0. The van der Waals surface area contributed by atoms with Crippen LogP contribution in [0.2, 0.25) is 0 Å². The van der Waals surface area contributed by atoms with Crippen molar-refractivity contribution in [1.29, 1.82) is 0 Å². The highest BCUT2D eigenvalue weighted by Gasteiger charge is 2.26. The molecule has 23 heavy (non-hydrogen) atoms. The quantitative estimate of drug-likeness (QED) is 0.856. The van der Waals surface area contributed by atoms with Crippen LogP contribution in [0, 0.1) is 5.92 Å². The first kappa shape index (κ1) is 15.7. The van der Waals surface area contributed by atoms with E-state index in [0.29, 0.717) is 22.4 Å². The molecule has 0 aliphatic carbocycles. The maximum atomic E-state index is 13.0.